The van der Waals surface area contributed by atoms with Crippen molar-refractivity contribution in [1.29, 1.82) is 0 Å². The molecule has 0 aliphatic rings. The standard InChI is InChI=1S/C16H21NO2/c18-12-10-16(13-19,15-7-4-11-17-15)9-8-14-5-2-1-3-6-14/h1-7,11,17-19H,8-10,12-13H2. The molecule has 3 nitrogen and oxygen atoms in total. The fourth-order valence-corrected chi connectivity index (χ4v) is 2.54. The molecule has 1 aromatic carbocycles. The number of aliphatic hydroxyl groups excluding tert-OH is 2. The molecule has 0 aliphatic heterocycles. The molecule has 3 N–H and O–H groups in total. The average molecular weight is 259 g/mol. The Morgan fingerprint density at radius 2 is 1.74 bits per heavy atom. The number of aromatic nitrogens is 1. The van der Waals surface area contributed by atoms with E-state index in [1.54, 1.807) is 0 Å². The van der Waals surface area contributed by atoms with Crippen LogP contribution < -0.4 is 0 Å². The summed E-state index contributed by atoms with van der Waals surface area (Å²) in [6.07, 6.45) is 4.13. The molecular formula is C16H21NO2. The van der Waals surface area contributed by atoms with E-state index in [9.17, 15) is 10.2 Å². The molecule has 1 atom stereocenters. The molecule has 3 heteroatoms. The van der Waals surface area contributed by atoms with Gasteiger partial charge in [0.05, 0.1) is 6.61 Å². The largest absolute Gasteiger partial charge is 0.396 e. The summed E-state index contributed by atoms with van der Waals surface area (Å²) in [7, 11) is 0. The zero-order valence-electron chi connectivity index (χ0n) is 11.0. The second kappa shape index (κ2) is 6.55. The lowest BCUT2D eigenvalue weighted by Crippen LogP contribution is -2.33. The summed E-state index contributed by atoms with van der Waals surface area (Å²) in [4.78, 5) is 3.18. The van der Waals surface area contributed by atoms with Gasteiger partial charge < -0.3 is 15.2 Å². The summed E-state index contributed by atoms with van der Waals surface area (Å²) in [5, 5.41) is 19.1. The van der Waals surface area contributed by atoms with Crippen LogP contribution in [0.15, 0.2) is 48.7 Å². The van der Waals surface area contributed by atoms with Crippen molar-refractivity contribution < 1.29 is 10.2 Å². The van der Waals surface area contributed by atoms with Crippen LogP contribution in [0.1, 0.15) is 24.1 Å². The van der Waals surface area contributed by atoms with Gasteiger partial charge in [0, 0.05) is 23.9 Å². The number of H-pyrrole nitrogens is 1. The molecule has 0 aliphatic carbocycles. The Bertz CT molecular complexity index is 467. The van der Waals surface area contributed by atoms with Crippen LogP contribution in [-0.4, -0.2) is 28.4 Å². The summed E-state index contributed by atoms with van der Waals surface area (Å²) in [5.74, 6) is 0. The number of rotatable bonds is 7. The minimum absolute atomic E-state index is 0.0426. The molecular weight excluding hydrogens is 238 g/mol. The van der Waals surface area contributed by atoms with E-state index in [4.69, 9.17) is 0 Å². The number of nitrogens with one attached hydrogen (secondary N) is 1. The van der Waals surface area contributed by atoms with Gasteiger partial charge in [-0.2, -0.15) is 0 Å². The molecule has 0 saturated carbocycles. The van der Waals surface area contributed by atoms with Gasteiger partial charge in [0.15, 0.2) is 0 Å². The van der Waals surface area contributed by atoms with Crippen molar-refractivity contribution in [3.05, 3.63) is 59.9 Å². The molecule has 1 unspecified atom stereocenters. The van der Waals surface area contributed by atoms with Crippen molar-refractivity contribution in [3.63, 3.8) is 0 Å². The van der Waals surface area contributed by atoms with Gasteiger partial charge in [-0.25, -0.2) is 0 Å². The van der Waals surface area contributed by atoms with Gasteiger partial charge >= 0.3 is 0 Å². The van der Waals surface area contributed by atoms with Crippen LogP contribution in [0, 0.1) is 0 Å². The molecule has 19 heavy (non-hydrogen) atoms. The minimum atomic E-state index is -0.381. The van der Waals surface area contributed by atoms with E-state index in [0.717, 1.165) is 18.5 Å². The highest BCUT2D eigenvalue weighted by molar-refractivity contribution is 5.21. The zero-order valence-corrected chi connectivity index (χ0v) is 11.0. The third-order valence-corrected chi connectivity index (χ3v) is 3.80. The molecule has 1 heterocycles. The summed E-state index contributed by atoms with van der Waals surface area (Å²) in [6.45, 7) is 0.120. The highest BCUT2D eigenvalue weighted by Crippen LogP contribution is 2.31. The molecule has 102 valence electrons. The van der Waals surface area contributed by atoms with Crippen molar-refractivity contribution in [2.45, 2.75) is 24.7 Å². The number of hydrogen-bond acceptors (Lipinski definition) is 2. The van der Waals surface area contributed by atoms with Crippen molar-refractivity contribution in [2.24, 2.45) is 0 Å². The van der Waals surface area contributed by atoms with Gasteiger partial charge in [-0.05, 0) is 37.0 Å². The molecule has 2 aromatic rings. The van der Waals surface area contributed by atoms with Crippen molar-refractivity contribution in [1.82, 2.24) is 4.98 Å². The Hall–Kier alpha value is -1.58. The summed E-state index contributed by atoms with van der Waals surface area (Å²) >= 11 is 0. The quantitative estimate of drug-likeness (QED) is 0.714. The van der Waals surface area contributed by atoms with Gasteiger partial charge in [0.2, 0.25) is 0 Å². The van der Waals surface area contributed by atoms with Crippen LogP contribution in [0.25, 0.3) is 0 Å². The van der Waals surface area contributed by atoms with E-state index in [-0.39, 0.29) is 18.6 Å². The predicted molar refractivity (Wildman–Crippen MR) is 76.0 cm³/mol. The van der Waals surface area contributed by atoms with Crippen LogP contribution in [0.5, 0.6) is 0 Å². The van der Waals surface area contributed by atoms with Crippen LogP contribution in [0.2, 0.25) is 0 Å². The van der Waals surface area contributed by atoms with Crippen LogP contribution in [-0.2, 0) is 11.8 Å². The maximum absolute atomic E-state index is 9.83. The lowest BCUT2D eigenvalue weighted by atomic mass is 9.77. The van der Waals surface area contributed by atoms with E-state index in [1.807, 2.05) is 36.5 Å². The molecule has 0 bridgehead atoms. The summed E-state index contributed by atoms with van der Waals surface area (Å²) in [6, 6.07) is 14.1. The van der Waals surface area contributed by atoms with Gasteiger partial charge in [-0.15, -0.1) is 0 Å². The van der Waals surface area contributed by atoms with Crippen molar-refractivity contribution in [2.75, 3.05) is 13.2 Å². The highest BCUT2D eigenvalue weighted by Gasteiger charge is 2.31. The van der Waals surface area contributed by atoms with Gasteiger partial charge in [-0.3, -0.25) is 0 Å². The predicted octanol–water partition coefficient (Wildman–Crippen LogP) is 2.26. The maximum atomic E-state index is 9.83. The summed E-state index contributed by atoms with van der Waals surface area (Å²) in [5.41, 5.74) is 1.87. The Kier molecular flexibility index (Phi) is 4.77. The van der Waals surface area contributed by atoms with Crippen LogP contribution >= 0.6 is 0 Å². The van der Waals surface area contributed by atoms with E-state index < -0.39 is 0 Å². The molecule has 0 spiro atoms. The number of hydrogen-bond donors (Lipinski definition) is 3. The number of aliphatic hydroxyl groups is 2. The number of benzene rings is 1. The van der Waals surface area contributed by atoms with Crippen LogP contribution in [0.4, 0.5) is 0 Å². The monoisotopic (exact) mass is 259 g/mol. The second-order valence-corrected chi connectivity index (χ2v) is 4.98. The highest BCUT2D eigenvalue weighted by atomic mass is 16.3. The normalized spacial score (nSPS) is 14.2. The Morgan fingerprint density at radius 3 is 2.32 bits per heavy atom. The molecule has 0 saturated heterocycles. The zero-order chi connectivity index (χ0) is 13.6. The first-order valence-corrected chi connectivity index (χ1v) is 6.70. The fourth-order valence-electron chi connectivity index (χ4n) is 2.54. The molecule has 0 fully saturated rings. The van der Waals surface area contributed by atoms with E-state index in [2.05, 4.69) is 17.1 Å². The van der Waals surface area contributed by atoms with Gasteiger partial charge in [0.25, 0.3) is 0 Å². The Morgan fingerprint density at radius 1 is 0.947 bits per heavy atom. The Labute approximate surface area is 113 Å². The van der Waals surface area contributed by atoms with E-state index in [1.165, 1.54) is 5.56 Å². The van der Waals surface area contributed by atoms with Crippen molar-refractivity contribution >= 4 is 0 Å². The Balaban J connectivity index is 2.14. The first-order chi connectivity index (χ1) is 9.30. The smallest absolute Gasteiger partial charge is 0.0543 e. The third kappa shape index (κ3) is 3.25. The molecule has 0 radical (unpaired) electrons. The van der Waals surface area contributed by atoms with E-state index >= 15 is 0 Å². The topological polar surface area (TPSA) is 56.2 Å². The first kappa shape index (κ1) is 13.8. The van der Waals surface area contributed by atoms with E-state index in [0.29, 0.717) is 6.42 Å². The molecule has 0 amide bonds. The maximum Gasteiger partial charge on any atom is 0.0543 e. The molecule has 2 rings (SSSR count). The number of aromatic amines is 1. The molecule has 1 aromatic heterocycles. The lowest BCUT2D eigenvalue weighted by molar-refractivity contribution is 0.141. The SMILES string of the molecule is OCCC(CO)(CCc1ccccc1)c1ccc[nH]1. The second-order valence-electron chi connectivity index (χ2n) is 4.98. The fraction of sp³-hybridized carbons (Fsp3) is 0.375. The van der Waals surface area contributed by atoms with Crippen LogP contribution in [0.3, 0.4) is 0 Å². The first-order valence-electron chi connectivity index (χ1n) is 6.70. The van der Waals surface area contributed by atoms with Crippen molar-refractivity contribution in [3.8, 4) is 0 Å². The lowest BCUT2D eigenvalue weighted by Gasteiger charge is -2.30. The average Bonchev–Trinajstić information content (AvgIpc) is 2.99. The minimum Gasteiger partial charge on any atom is -0.396 e. The van der Waals surface area contributed by atoms with Gasteiger partial charge in [0.1, 0.15) is 0 Å². The summed E-state index contributed by atoms with van der Waals surface area (Å²) < 4.78 is 0. The number of aryl methyl sites for hydroxylation is 1. The third-order valence-electron chi connectivity index (χ3n) is 3.80. The van der Waals surface area contributed by atoms with Gasteiger partial charge in [-0.1, -0.05) is 30.3 Å².